The van der Waals surface area contributed by atoms with Crippen LogP contribution < -0.4 is 0 Å². The summed E-state index contributed by atoms with van der Waals surface area (Å²) in [6.07, 6.45) is 0.221. The molecule has 0 aliphatic heterocycles. The summed E-state index contributed by atoms with van der Waals surface area (Å²) in [6, 6.07) is 13.8. The molecule has 0 aromatic heterocycles. The van der Waals surface area contributed by atoms with Crippen LogP contribution in [0.2, 0.25) is 0 Å². The van der Waals surface area contributed by atoms with E-state index in [9.17, 15) is 4.79 Å². The van der Waals surface area contributed by atoms with E-state index in [2.05, 4.69) is 4.84 Å². The minimum atomic E-state index is -0.287. The second-order valence-corrected chi connectivity index (χ2v) is 3.94. The number of hydrogen-bond acceptors (Lipinski definition) is 2. The molecule has 2 aromatic carbocycles. The van der Waals surface area contributed by atoms with Gasteiger partial charge in [0.05, 0.1) is 13.5 Å². The van der Waals surface area contributed by atoms with Crippen molar-refractivity contribution in [2.75, 3.05) is 7.11 Å². The van der Waals surface area contributed by atoms with Crippen molar-refractivity contribution >= 4 is 28.5 Å². The molecule has 0 radical (unpaired) electrons. The molecule has 17 heavy (non-hydrogen) atoms. The topological polar surface area (TPSA) is 29.5 Å². The monoisotopic (exact) mass is 249 g/mol. The highest BCUT2D eigenvalue weighted by molar-refractivity contribution is 6.20. The highest BCUT2D eigenvalue weighted by Gasteiger charge is 2.12. The Hall–Kier alpha value is -1.58. The maximum atomic E-state index is 11.7. The molecule has 0 atom stereocenters. The molecule has 0 bridgehead atoms. The Labute approximate surface area is 105 Å². The fraction of sp³-hybridized carbons (Fsp3) is 0.154. The predicted molar refractivity (Wildman–Crippen MR) is 67.4 cm³/mol. The van der Waals surface area contributed by atoms with Crippen LogP contribution in [-0.4, -0.2) is 17.6 Å². The van der Waals surface area contributed by atoms with E-state index in [1.54, 1.807) is 0 Å². The van der Waals surface area contributed by atoms with Gasteiger partial charge in [-0.2, -0.15) is 0 Å². The minimum Gasteiger partial charge on any atom is -0.271 e. The molecule has 0 heterocycles. The summed E-state index contributed by atoms with van der Waals surface area (Å²) in [5.74, 6) is -0.287. The summed E-state index contributed by atoms with van der Waals surface area (Å²) >= 11 is 5.58. The first-order valence-electron chi connectivity index (χ1n) is 5.22. The Morgan fingerprint density at radius 3 is 2.71 bits per heavy atom. The van der Waals surface area contributed by atoms with Crippen LogP contribution in [0.25, 0.3) is 10.8 Å². The van der Waals surface area contributed by atoms with E-state index in [-0.39, 0.29) is 12.3 Å². The summed E-state index contributed by atoms with van der Waals surface area (Å²) in [5, 5.41) is 2.17. The average molecular weight is 250 g/mol. The lowest BCUT2D eigenvalue weighted by Gasteiger charge is -2.11. The highest BCUT2D eigenvalue weighted by atomic mass is 35.5. The molecule has 0 aliphatic carbocycles. The number of hydrogen-bond donors (Lipinski definition) is 0. The van der Waals surface area contributed by atoms with Crippen LogP contribution in [0.5, 0.6) is 0 Å². The van der Waals surface area contributed by atoms with Gasteiger partial charge in [-0.05, 0) is 16.3 Å². The molecular weight excluding hydrogens is 238 g/mol. The zero-order valence-electron chi connectivity index (χ0n) is 9.39. The number of rotatable bonds is 3. The lowest BCUT2D eigenvalue weighted by Crippen LogP contribution is -2.22. The van der Waals surface area contributed by atoms with E-state index in [1.807, 2.05) is 42.5 Å². The second kappa shape index (κ2) is 5.17. The summed E-state index contributed by atoms with van der Waals surface area (Å²) in [6.45, 7) is 0. The molecule has 3 nitrogen and oxygen atoms in total. The van der Waals surface area contributed by atoms with E-state index in [1.165, 1.54) is 7.11 Å². The molecule has 0 saturated heterocycles. The van der Waals surface area contributed by atoms with Crippen LogP contribution in [0.4, 0.5) is 0 Å². The first-order valence-corrected chi connectivity index (χ1v) is 5.55. The van der Waals surface area contributed by atoms with Crippen molar-refractivity contribution in [2.24, 2.45) is 0 Å². The molecule has 0 N–H and O–H groups in total. The zero-order valence-corrected chi connectivity index (χ0v) is 10.1. The fourth-order valence-corrected chi connectivity index (χ4v) is 1.83. The van der Waals surface area contributed by atoms with Gasteiger partial charge in [0, 0.05) is 11.8 Å². The summed E-state index contributed by atoms with van der Waals surface area (Å²) in [5.41, 5.74) is 0.941. The number of carbonyl (C=O) groups is 1. The van der Waals surface area contributed by atoms with Gasteiger partial charge in [-0.25, -0.2) is 0 Å². The first-order chi connectivity index (χ1) is 8.22. The minimum absolute atomic E-state index is 0.221. The zero-order chi connectivity index (χ0) is 12.3. The lowest BCUT2D eigenvalue weighted by molar-refractivity contribution is -0.151. The van der Waals surface area contributed by atoms with E-state index in [4.69, 9.17) is 11.8 Å². The van der Waals surface area contributed by atoms with E-state index >= 15 is 0 Å². The molecule has 0 aliphatic rings. The van der Waals surface area contributed by atoms with Gasteiger partial charge >= 0.3 is 0 Å². The van der Waals surface area contributed by atoms with Gasteiger partial charge in [0.25, 0.3) is 5.91 Å². The smallest absolute Gasteiger partial charge is 0.266 e. The number of benzene rings is 2. The normalized spacial score (nSPS) is 10.5. The van der Waals surface area contributed by atoms with Crippen molar-refractivity contribution in [1.82, 2.24) is 4.58 Å². The Morgan fingerprint density at radius 1 is 1.24 bits per heavy atom. The van der Waals surface area contributed by atoms with Crippen molar-refractivity contribution in [1.29, 1.82) is 0 Å². The largest absolute Gasteiger partial charge is 0.271 e. The Morgan fingerprint density at radius 2 is 1.94 bits per heavy atom. The molecular formula is C13H12ClNO2. The summed E-state index contributed by atoms with van der Waals surface area (Å²) in [7, 11) is 1.36. The van der Waals surface area contributed by atoms with Gasteiger partial charge in [-0.3, -0.25) is 9.63 Å². The first kappa shape index (κ1) is 11.9. The van der Waals surface area contributed by atoms with Crippen molar-refractivity contribution in [3.05, 3.63) is 48.0 Å². The SMILES string of the molecule is CON(Cl)C(=O)Cc1cccc2ccccc12. The number of hydroxylamine groups is 1. The van der Waals surface area contributed by atoms with Crippen LogP contribution >= 0.6 is 11.8 Å². The number of fused-ring (bicyclic) bond motifs is 1. The van der Waals surface area contributed by atoms with Crippen LogP contribution in [0.3, 0.4) is 0 Å². The standard InChI is InChI=1S/C13H12ClNO2/c1-17-15(14)13(16)9-11-7-4-6-10-5-2-3-8-12(10)11/h2-8H,9H2,1H3. The van der Waals surface area contributed by atoms with Gasteiger partial charge in [0.1, 0.15) is 0 Å². The van der Waals surface area contributed by atoms with Crippen LogP contribution in [0.1, 0.15) is 5.56 Å². The summed E-state index contributed by atoms with van der Waals surface area (Å²) in [4.78, 5) is 16.3. The Balaban J connectivity index is 2.33. The predicted octanol–water partition coefficient (Wildman–Crippen LogP) is 2.93. The molecule has 1 amide bonds. The number of nitrogens with zero attached hydrogens (tertiary/aromatic N) is 1. The van der Waals surface area contributed by atoms with Gasteiger partial charge in [-0.15, -0.1) is 4.58 Å². The van der Waals surface area contributed by atoms with E-state index in [0.717, 1.165) is 20.9 Å². The molecule has 0 spiro atoms. The molecule has 0 unspecified atom stereocenters. The quantitative estimate of drug-likeness (QED) is 0.618. The third-order valence-electron chi connectivity index (χ3n) is 2.58. The van der Waals surface area contributed by atoms with Crippen molar-refractivity contribution in [2.45, 2.75) is 6.42 Å². The van der Waals surface area contributed by atoms with Crippen LogP contribution in [0, 0.1) is 0 Å². The third kappa shape index (κ3) is 2.57. The molecule has 0 saturated carbocycles. The summed E-state index contributed by atoms with van der Waals surface area (Å²) < 4.78 is 0.724. The highest BCUT2D eigenvalue weighted by Crippen LogP contribution is 2.19. The van der Waals surface area contributed by atoms with Gasteiger partial charge < -0.3 is 0 Å². The second-order valence-electron chi connectivity index (χ2n) is 3.64. The van der Waals surface area contributed by atoms with Crippen molar-refractivity contribution in [3.63, 3.8) is 0 Å². The maximum Gasteiger partial charge on any atom is 0.266 e. The molecule has 2 rings (SSSR count). The average Bonchev–Trinajstić information content (AvgIpc) is 2.38. The number of amides is 1. The lowest BCUT2D eigenvalue weighted by atomic mass is 10.0. The van der Waals surface area contributed by atoms with Gasteiger partial charge in [0.2, 0.25) is 0 Å². The Bertz CT molecular complexity index is 536. The van der Waals surface area contributed by atoms with E-state index in [0.29, 0.717) is 0 Å². The molecule has 88 valence electrons. The molecule has 0 fully saturated rings. The van der Waals surface area contributed by atoms with Gasteiger partial charge in [0.15, 0.2) is 0 Å². The fourth-order valence-electron chi connectivity index (χ4n) is 1.77. The number of halogens is 1. The molecule has 4 heteroatoms. The van der Waals surface area contributed by atoms with Gasteiger partial charge in [-0.1, -0.05) is 42.5 Å². The van der Waals surface area contributed by atoms with Crippen molar-refractivity contribution < 1.29 is 9.63 Å². The maximum absolute atomic E-state index is 11.7. The van der Waals surface area contributed by atoms with Crippen LogP contribution in [0.15, 0.2) is 42.5 Å². The van der Waals surface area contributed by atoms with Crippen molar-refractivity contribution in [3.8, 4) is 0 Å². The number of carbonyl (C=O) groups excluding carboxylic acids is 1. The third-order valence-corrected chi connectivity index (χ3v) is 2.90. The van der Waals surface area contributed by atoms with Crippen LogP contribution in [-0.2, 0) is 16.1 Å². The van der Waals surface area contributed by atoms with E-state index < -0.39 is 0 Å². The molecule has 2 aromatic rings. The Kier molecular flexibility index (Phi) is 3.61.